The van der Waals surface area contributed by atoms with E-state index in [1.54, 1.807) is 6.08 Å². The highest BCUT2D eigenvalue weighted by Gasteiger charge is 2.36. The maximum absolute atomic E-state index is 11.7. The molecule has 0 amide bonds. The van der Waals surface area contributed by atoms with Crippen molar-refractivity contribution in [2.75, 3.05) is 0 Å². The highest BCUT2D eigenvalue weighted by Crippen LogP contribution is 2.22. The molecule has 0 aliphatic carbocycles. The third kappa shape index (κ3) is 5.18. The van der Waals surface area contributed by atoms with Crippen LogP contribution in [0.15, 0.2) is 12.2 Å². The molecule has 0 rings (SSSR count). The van der Waals surface area contributed by atoms with E-state index in [9.17, 15) is 13.2 Å². The molecule has 0 aliphatic rings. The summed E-state index contributed by atoms with van der Waals surface area (Å²) in [6, 6.07) is 0. The maximum atomic E-state index is 11.7. The molecule has 0 spiro atoms. The van der Waals surface area contributed by atoms with Gasteiger partial charge in [-0.25, -0.2) is 0 Å². The van der Waals surface area contributed by atoms with E-state index in [1.165, 1.54) is 6.08 Å². The normalized spacial score (nSPS) is 15.4. The average molecular weight is 182 g/mol. The molecule has 0 aromatic rings. The van der Waals surface area contributed by atoms with Gasteiger partial charge in [-0.3, -0.25) is 0 Å². The number of hydrogen-bond acceptors (Lipinski definition) is 1. The maximum Gasteiger partial charge on any atom is 0.414 e. The number of alkyl halides is 3. The summed E-state index contributed by atoms with van der Waals surface area (Å²) in [6.45, 7) is 1.94. The first-order valence-electron chi connectivity index (χ1n) is 3.88. The molecule has 0 heterocycles. The first kappa shape index (κ1) is 11.5. The van der Waals surface area contributed by atoms with Gasteiger partial charge in [-0.05, 0) is 6.42 Å². The molecular weight excluding hydrogens is 169 g/mol. The Balaban J connectivity index is 3.64. The van der Waals surface area contributed by atoms with Crippen molar-refractivity contribution in [3.8, 4) is 0 Å². The largest absolute Gasteiger partial charge is 0.414 e. The van der Waals surface area contributed by atoms with Crippen molar-refractivity contribution in [1.29, 1.82) is 0 Å². The van der Waals surface area contributed by atoms with Crippen LogP contribution in [0.25, 0.3) is 0 Å². The lowest BCUT2D eigenvalue weighted by molar-refractivity contribution is -0.202. The topological polar surface area (TPSA) is 20.2 Å². The minimum absolute atomic E-state index is 0.344. The van der Waals surface area contributed by atoms with Gasteiger partial charge in [0.15, 0.2) is 6.10 Å². The number of halogens is 3. The predicted octanol–water partition coefficient (Wildman–Crippen LogP) is 2.66. The Hall–Kier alpha value is -0.510. The first-order chi connectivity index (χ1) is 5.48. The van der Waals surface area contributed by atoms with E-state index in [2.05, 4.69) is 0 Å². The Kier molecular flexibility index (Phi) is 4.97. The Bertz CT molecular complexity index is 140. The zero-order valence-electron chi connectivity index (χ0n) is 6.93. The highest BCUT2D eigenvalue weighted by atomic mass is 19.4. The molecule has 0 bridgehead atoms. The molecular formula is C8H13F3O. The van der Waals surface area contributed by atoms with E-state index < -0.39 is 12.3 Å². The Labute approximate surface area is 69.9 Å². The molecule has 0 aliphatic heterocycles. The molecule has 1 N–H and O–H groups in total. The molecule has 1 atom stereocenters. The van der Waals surface area contributed by atoms with Crippen LogP contribution >= 0.6 is 0 Å². The number of hydrogen-bond donors (Lipinski definition) is 1. The van der Waals surface area contributed by atoms with Gasteiger partial charge in [0, 0.05) is 6.42 Å². The van der Waals surface area contributed by atoms with E-state index in [0.29, 0.717) is 0 Å². The summed E-state index contributed by atoms with van der Waals surface area (Å²) in [4.78, 5) is 0. The molecule has 0 fully saturated rings. The third-order valence-corrected chi connectivity index (χ3v) is 1.36. The van der Waals surface area contributed by atoms with Gasteiger partial charge >= 0.3 is 6.18 Å². The number of unbranched alkanes of at least 4 members (excludes halogenated alkanes) is 1. The van der Waals surface area contributed by atoms with Gasteiger partial charge in [-0.1, -0.05) is 25.5 Å². The average Bonchev–Trinajstić information content (AvgIpc) is 1.96. The van der Waals surface area contributed by atoms with Crippen molar-refractivity contribution in [1.82, 2.24) is 0 Å². The van der Waals surface area contributed by atoms with E-state index in [4.69, 9.17) is 5.11 Å². The van der Waals surface area contributed by atoms with Crippen molar-refractivity contribution in [3.63, 3.8) is 0 Å². The van der Waals surface area contributed by atoms with Crippen molar-refractivity contribution in [3.05, 3.63) is 12.2 Å². The first-order valence-corrected chi connectivity index (χ1v) is 3.88. The number of rotatable bonds is 4. The van der Waals surface area contributed by atoms with Crippen molar-refractivity contribution < 1.29 is 18.3 Å². The molecule has 4 heteroatoms. The molecule has 1 nitrogen and oxygen atoms in total. The van der Waals surface area contributed by atoms with Crippen molar-refractivity contribution in [2.24, 2.45) is 0 Å². The van der Waals surface area contributed by atoms with Crippen LogP contribution in [0.2, 0.25) is 0 Å². The van der Waals surface area contributed by atoms with Crippen molar-refractivity contribution >= 4 is 0 Å². The van der Waals surface area contributed by atoms with E-state index in [1.807, 2.05) is 6.92 Å². The van der Waals surface area contributed by atoms with Gasteiger partial charge in [-0.2, -0.15) is 13.2 Å². The van der Waals surface area contributed by atoms with Crippen molar-refractivity contribution in [2.45, 2.75) is 38.5 Å². The van der Waals surface area contributed by atoms with E-state index in [0.717, 1.165) is 12.8 Å². The minimum Gasteiger partial charge on any atom is -0.383 e. The third-order valence-electron chi connectivity index (χ3n) is 1.36. The van der Waals surface area contributed by atoms with Crippen LogP contribution in [-0.4, -0.2) is 17.4 Å². The van der Waals surface area contributed by atoms with Crippen LogP contribution in [0.4, 0.5) is 13.2 Å². The van der Waals surface area contributed by atoms with Crippen LogP contribution in [0, 0.1) is 0 Å². The predicted molar refractivity (Wildman–Crippen MR) is 40.7 cm³/mol. The lowest BCUT2D eigenvalue weighted by atomic mass is 10.2. The van der Waals surface area contributed by atoms with Crippen LogP contribution in [-0.2, 0) is 0 Å². The van der Waals surface area contributed by atoms with Gasteiger partial charge in [0.1, 0.15) is 0 Å². The van der Waals surface area contributed by atoms with Crippen LogP contribution < -0.4 is 0 Å². The quantitative estimate of drug-likeness (QED) is 0.662. The van der Waals surface area contributed by atoms with Gasteiger partial charge in [0.2, 0.25) is 0 Å². The second-order valence-electron chi connectivity index (χ2n) is 2.55. The second-order valence-corrected chi connectivity index (χ2v) is 2.55. The zero-order valence-corrected chi connectivity index (χ0v) is 6.93. The van der Waals surface area contributed by atoms with Crippen LogP contribution in [0.5, 0.6) is 0 Å². The fraction of sp³-hybridized carbons (Fsp3) is 0.750. The second kappa shape index (κ2) is 5.19. The van der Waals surface area contributed by atoms with Crippen LogP contribution in [0.3, 0.4) is 0 Å². The van der Waals surface area contributed by atoms with Crippen LogP contribution in [0.1, 0.15) is 26.2 Å². The lowest BCUT2D eigenvalue weighted by Crippen LogP contribution is -2.27. The molecule has 1 unspecified atom stereocenters. The number of allylic oxidation sites excluding steroid dienone is 1. The monoisotopic (exact) mass is 182 g/mol. The summed E-state index contributed by atoms with van der Waals surface area (Å²) in [7, 11) is 0. The molecule has 0 saturated heterocycles. The smallest absolute Gasteiger partial charge is 0.383 e. The summed E-state index contributed by atoms with van der Waals surface area (Å²) in [5.74, 6) is 0. The summed E-state index contributed by atoms with van der Waals surface area (Å²) >= 11 is 0. The lowest BCUT2D eigenvalue weighted by Gasteiger charge is -2.11. The fourth-order valence-corrected chi connectivity index (χ4v) is 0.643. The molecule has 0 saturated carbocycles. The minimum atomic E-state index is -4.49. The SMILES string of the molecule is CCCC=CCC(O)C(F)(F)F. The zero-order chi connectivity index (χ0) is 9.61. The van der Waals surface area contributed by atoms with E-state index >= 15 is 0 Å². The highest BCUT2D eigenvalue weighted by molar-refractivity contribution is 4.85. The molecule has 0 aromatic carbocycles. The summed E-state index contributed by atoms with van der Waals surface area (Å²) in [6.07, 6.45) is -2.38. The standard InChI is InChI=1S/C8H13F3O/c1-2-3-4-5-6-7(12)8(9,10)11/h4-5,7,12H,2-3,6H2,1H3. The molecule has 12 heavy (non-hydrogen) atoms. The number of aliphatic hydroxyl groups excluding tert-OH is 1. The molecule has 0 aromatic heterocycles. The summed E-state index contributed by atoms with van der Waals surface area (Å²) < 4.78 is 35.0. The Morgan fingerprint density at radius 1 is 1.33 bits per heavy atom. The Morgan fingerprint density at radius 3 is 2.33 bits per heavy atom. The summed E-state index contributed by atoms with van der Waals surface area (Å²) in [5, 5.41) is 8.51. The number of aliphatic hydroxyl groups is 1. The fourth-order valence-electron chi connectivity index (χ4n) is 0.643. The van der Waals surface area contributed by atoms with Gasteiger partial charge in [-0.15, -0.1) is 0 Å². The van der Waals surface area contributed by atoms with E-state index in [-0.39, 0.29) is 6.42 Å². The van der Waals surface area contributed by atoms with Gasteiger partial charge < -0.3 is 5.11 Å². The molecule has 72 valence electrons. The Morgan fingerprint density at radius 2 is 1.92 bits per heavy atom. The van der Waals surface area contributed by atoms with Gasteiger partial charge in [0.05, 0.1) is 0 Å². The van der Waals surface area contributed by atoms with Gasteiger partial charge in [0.25, 0.3) is 0 Å². The summed E-state index contributed by atoms with van der Waals surface area (Å²) in [5.41, 5.74) is 0. The molecule has 0 radical (unpaired) electrons.